The second-order valence-corrected chi connectivity index (χ2v) is 5.97. The molecule has 3 N–H and O–H groups in total. The van der Waals surface area contributed by atoms with E-state index in [9.17, 15) is 14.4 Å². The van der Waals surface area contributed by atoms with E-state index in [1.165, 1.54) is 19.1 Å². The summed E-state index contributed by atoms with van der Waals surface area (Å²) in [5.41, 5.74) is 5.01. The zero-order chi connectivity index (χ0) is 18.4. The molecular formula is C17H15Cl2N3O3. The lowest BCUT2D eigenvalue weighted by molar-refractivity contribution is -0.123. The van der Waals surface area contributed by atoms with Crippen molar-refractivity contribution in [3.05, 3.63) is 69.7 Å². The minimum Gasteiger partial charge on any atom is -0.340 e. The average Bonchev–Trinajstić information content (AvgIpc) is 2.62. The molecule has 0 bridgehead atoms. The molecule has 0 heterocycles. The van der Waals surface area contributed by atoms with Gasteiger partial charge in [0, 0.05) is 10.6 Å². The van der Waals surface area contributed by atoms with Crippen LogP contribution in [0.2, 0.25) is 10.0 Å². The summed E-state index contributed by atoms with van der Waals surface area (Å²) in [5.74, 6) is -1.61. The second kappa shape index (κ2) is 8.50. The van der Waals surface area contributed by atoms with E-state index < -0.39 is 23.8 Å². The summed E-state index contributed by atoms with van der Waals surface area (Å²) in [4.78, 5) is 36.0. The predicted molar refractivity (Wildman–Crippen MR) is 95.4 cm³/mol. The monoisotopic (exact) mass is 379 g/mol. The smallest absolute Gasteiger partial charge is 0.271 e. The van der Waals surface area contributed by atoms with Crippen molar-refractivity contribution in [1.29, 1.82) is 0 Å². The maximum absolute atomic E-state index is 12.0. The van der Waals surface area contributed by atoms with E-state index in [1.807, 2.05) is 0 Å². The molecule has 2 aromatic rings. The number of carbonyl (C=O) groups is 3. The number of hydrogen-bond donors (Lipinski definition) is 3. The fourth-order valence-electron chi connectivity index (χ4n) is 1.90. The molecular weight excluding hydrogens is 365 g/mol. The fraction of sp³-hybridized carbons (Fsp3) is 0.118. The van der Waals surface area contributed by atoms with Gasteiger partial charge in [0.1, 0.15) is 6.04 Å². The topological polar surface area (TPSA) is 87.3 Å². The molecule has 8 heteroatoms. The number of amides is 3. The number of hydrazine groups is 1. The molecule has 2 rings (SSSR count). The van der Waals surface area contributed by atoms with Crippen LogP contribution in [0.25, 0.3) is 0 Å². The van der Waals surface area contributed by atoms with E-state index in [-0.39, 0.29) is 10.6 Å². The van der Waals surface area contributed by atoms with E-state index in [0.717, 1.165) is 0 Å². The fourth-order valence-corrected chi connectivity index (χ4v) is 2.28. The van der Waals surface area contributed by atoms with Crippen molar-refractivity contribution in [2.75, 3.05) is 0 Å². The lowest BCUT2D eigenvalue weighted by atomic mass is 10.2. The minimum atomic E-state index is -0.858. The van der Waals surface area contributed by atoms with Gasteiger partial charge in [-0.05, 0) is 37.3 Å². The summed E-state index contributed by atoms with van der Waals surface area (Å²) in [6.07, 6.45) is 0. The summed E-state index contributed by atoms with van der Waals surface area (Å²) in [5, 5.41) is 3.06. The first-order chi connectivity index (χ1) is 11.9. The third-order valence-electron chi connectivity index (χ3n) is 3.25. The SMILES string of the molecule is CC(NC(=O)c1ccccc1)C(=O)NNC(=O)c1cc(Cl)ccc1Cl. The Kier molecular flexibility index (Phi) is 6.38. The van der Waals surface area contributed by atoms with Gasteiger partial charge in [0.2, 0.25) is 0 Å². The highest BCUT2D eigenvalue weighted by Crippen LogP contribution is 2.20. The van der Waals surface area contributed by atoms with Crippen LogP contribution in [0, 0.1) is 0 Å². The van der Waals surface area contributed by atoms with Crippen molar-refractivity contribution < 1.29 is 14.4 Å². The van der Waals surface area contributed by atoms with Gasteiger partial charge in [-0.3, -0.25) is 25.2 Å². The van der Waals surface area contributed by atoms with Gasteiger partial charge < -0.3 is 5.32 Å². The molecule has 0 spiro atoms. The summed E-state index contributed by atoms with van der Waals surface area (Å²) in [7, 11) is 0. The van der Waals surface area contributed by atoms with Crippen LogP contribution < -0.4 is 16.2 Å². The molecule has 0 saturated carbocycles. The van der Waals surface area contributed by atoms with Gasteiger partial charge in [-0.15, -0.1) is 0 Å². The van der Waals surface area contributed by atoms with Crippen LogP contribution in [-0.2, 0) is 4.79 Å². The Labute approximate surface area is 154 Å². The van der Waals surface area contributed by atoms with Gasteiger partial charge in [0.25, 0.3) is 17.7 Å². The van der Waals surface area contributed by atoms with Gasteiger partial charge >= 0.3 is 0 Å². The molecule has 0 aliphatic heterocycles. The Morgan fingerprint density at radius 3 is 2.28 bits per heavy atom. The first-order valence-electron chi connectivity index (χ1n) is 7.29. The largest absolute Gasteiger partial charge is 0.340 e. The highest BCUT2D eigenvalue weighted by atomic mass is 35.5. The number of rotatable bonds is 4. The van der Waals surface area contributed by atoms with E-state index in [2.05, 4.69) is 16.2 Å². The first kappa shape index (κ1) is 18.8. The van der Waals surface area contributed by atoms with E-state index in [0.29, 0.717) is 10.6 Å². The highest BCUT2D eigenvalue weighted by Gasteiger charge is 2.18. The Hall–Kier alpha value is -2.57. The van der Waals surface area contributed by atoms with Crippen molar-refractivity contribution in [1.82, 2.24) is 16.2 Å². The molecule has 2 aromatic carbocycles. The van der Waals surface area contributed by atoms with Crippen LogP contribution >= 0.6 is 23.2 Å². The van der Waals surface area contributed by atoms with E-state index in [1.54, 1.807) is 36.4 Å². The summed E-state index contributed by atoms with van der Waals surface area (Å²) in [6, 6.07) is 12.0. The number of carbonyl (C=O) groups excluding carboxylic acids is 3. The third kappa shape index (κ3) is 5.20. The Balaban J connectivity index is 1.90. The molecule has 0 saturated heterocycles. The number of benzene rings is 2. The van der Waals surface area contributed by atoms with Crippen LogP contribution in [0.5, 0.6) is 0 Å². The van der Waals surface area contributed by atoms with E-state index in [4.69, 9.17) is 23.2 Å². The maximum atomic E-state index is 12.0. The van der Waals surface area contributed by atoms with Crippen LogP contribution in [0.4, 0.5) is 0 Å². The maximum Gasteiger partial charge on any atom is 0.271 e. The molecule has 1 atom stereocenters. The standard InChI is InChI=1S/C17H15Cl2N3O3/c1-10(20-16(24)11-5-3-2-4-6-11)15(23)21-22-17(25)13-9-12(18)7-8-14(13)19/h2-10H,1H3,(H,20,24)(H,21,23)(H,22,25). The third-order valence-corrected chi connectivity index (χ3v) is 3.81. The molecule has 3 amide bonds. The quantitative estimate of drug-likeness (QED) is 0.713. The van der Waals surface area contributed by atoms with Gasteiger partial charge in [-0.25, -0.2) is 0 Å². The van der Waals surface area contributed by atoms with Gasteiger partial charge in [-0.2, -0.15) is 0 Å². The van der Waals surface area contributed by atoms with Crippen LogP contribution in [0.1, 0.15) is 27.6 Å². The molecule has 6 nitrogen and oxygen atoms in total. The van der Waals surface area contributed by atoms with Crippen molar-refractivity contribution in [3.8, 4) is 0 Å². The Morgan fingerprint density at radius 2 is 1.60 bits per heavy atom. The summed E-state index contributed by atoms with van der Waals surface area (Å²) in [6.45, 7) is 1.49. The Bertz CT molecular complexity index is 797. The molecule has 0 aliphatic carbocycles. The normalized spacial score (nSPS) is 11.3. The zero-order valence-electron chi connectivity index (χ0n) is 13.2. The van der Waals surface area contributed by atoms with Crippen molar-refractivity contribution in [2.24, 2.45) is 0 Å². The van der Waals surface area contributed by atoms with Crippen LogP contribution in [0.15, 0.2) is 48.5 Å². The van der Waals surface area contributed by atoms with Gasteiger partial charge in [-0.1, -0.05) is 41.4 Å². The zero-order valence-corrected chi connectivity index (χ0v) is 14.7. The second-order valence-electron chi connectivity index (χ2n) is 5.13. The van der Waals surface area contributed by atoms with E-state index >= 15 is 0 Å². The molecule has 25 heavy (non-hydrogen) atoms. The molecule has 0 aromatic heterocycles. The summed E-state index contributed by atoms with van der Waals surface area (Å²) >= 11 is 11.7. The van der Waals surface area contributed by atoms with Gasteiger partial charge in [0.15, 0.2) is 0 Å². The number of hydrogen-bond acceptors (Lipinski definition) is 3. The summed E-state index contributed by atoms with van der Waals surface area (Å²) < 4.78 is 0. The predicted octanol–water partition coefficient (Wildman–Crippen LogP) is 2.57. The molecule has 0 aliphatic rings. The molecule has 130 valence electrons. The van der Waals surface area contributed by atoms with Gasteiger partial charge in [0.05, 0.1) is 10.6 Å². The first-order valence-corrected chi connectivity index (χ1v) is 8.05. The molecule has 1 unspecified atom stereocenters. The van der Waals surface area contributed by atoms with Crippen molar-refractivity contribution >= 4 is 40.9 Å². The van der Waals surface area contributed by atoms with Crippen molar-refractivity contribution in [3.63, 3.8) is 0 Å². The highest BCUT2D eigenvalue weighted by molar-refractivity contribution is 6.35. The average molecular weight is 380 g/mol. The molecule has 0 radical (unpaired) electrons. The number of halogens is 2. The van der Waals surface area contributed by atoms with Crippen molar-refractivity contribution in [2.45, 2.75) is 13.0 Å². The number of nitrogens with one attached hydrogen (secondary N) is 3. The molecule has 0 fully saturated rings. The lowest BCUT2D eigenvalue weighted by Crippen LogP contribution is -2.51. The Morgan fingerprint density at radius 1 is 0.920 bits per heavy atom. The van der Waals surface area contributed by atoms with Crippen LogP contribution in [0.3, 0.4) is 0 Å². The minimum absolute atomic E-state index is 0.121. The lowest BCUT2D eigenvalue weighted by Gasteiger charge is -2.15. The van der Waals surface area contributed by atoms with Crippen LogP contribution in [-0.4, -0.2) is 23.8 Å².